The van der Waals surface area contributed by atoms with Gasteiger partial charge in [0.2, 0.25) is 0 Å². The summed E-state index contributed by atoms with van der Waals surface area (Å²) in [7, 11) is 1.91. The van der Waals surface area contributed by atoms with E-state index in [1.165, 1.54) is 0 Å². The van der Waals surface area contributed by atoms with Gasteiger partial charge >= 0.3 is 0 Å². The Morgan fingerprint density at radius 3 is 2.64 bits per heavy atom. The van der Waals surface area contributed by atoms with Gasteiger partial charge in [0.1, 0.15) is 12.4 Å². The molecule has 0 bridgehead atoms. The third-order valence-electron chi connectivity index (χ3n) is 3.45. The van der Waals surface area contributed by atoms with Crippen molar-refractivity contribution >= 4 is 6.08 Å². The molecule has 22 heavy (non-hydrogen) atoms. The highest BCUT2D eigenvalue weighted by Gasteiger charge is 2.05. The Hall–Kier alpha value is -2.81. The first-order chi connectivity index (χ1) is 10.7. The predicted octanol–water partition coefficient (Wildman–Crippen LogP) is 4.31. The first kappa shape index (κ1) is 14.1. The quantitative estimate of drug-likeness (QED) is 0.700. The average Bonchev–Trinajstić information content (AvgIpc) is 3.00. The molecule has 0 atom stereocenters. The first-order valence-corrected chi connectivity index (χ1v) is 7.18. The van der Waals surface area contributed by atoms with Crippen LogP contribution < -0.4 is 4.74 Å². The minimum Gasteiger partial charge on any atom is -0.489 e. The maximum absolute atomic E-state index is 5.93. The van der Waals surface area contributed by atoms with Crippen LogP contribution in [0.25, 0.3) is 17.2 Å². The minimum atomic E-state index is 0.550. The molecule has 0 aliphatic heterocycles. The number of nitrogens with zero attached hydrogens (tertiary/aromatic N) is 2. The van der Waals surface area contributed by atoms with Gasteiger partial charge in [0.25, 0.3) is 0 Å². The number of aryl methyl sites for hydroxylation is 1. The van der Waals surface area contributed by atoms with Crippen LogP contribution in [0.2, 0.25) is 0 Å². The van der Waals surface area contributed by atoms with E-state index in [0.717, 1.165) is 28.0 Å². The summed E-state index contributed by atoms with van der Waals surface area (Å²) in [5.41, 5.74) is 4.32. The molecule has 0 radical (unpaired) electrons. The van der Waals surface area contributed by atoms with Crippen molar-refractivity contribution in [2.45, 2.75) is 6.61 Å². The van der Waals surface area contributed by atoms with E-state index in [0.29, 0.717) is 6.61 Å². The van der Waals surface area contributed by atoms with E-state index in [1.807, 2.05) is 55.8 Å². The Labute approximate surface area is 130 Å². The summed E-state index contributed by atoms with van der Waals surface area (Å²) in [5.74, 6) is 0.833. The van der Waals surface area contributed by atoms with Gasteiger partial charge in [0, 0.05) is 18.8 Å². The van der Waals surface area contributed by atoms with E-state index in [-0.39, 0.29) is 0 Å². The molecule has 3 rings (SSSR count). The van der Waals surface area contributed by atoms with E-state index < -0.39 is 0 Å². The van der Waals surface area contributed by atoms with E-state index in [4.69, 9.17) is 4.74 Å². The highest BCUT2D eigenvalue weighted by Crippen LogP contribution is 2.27. The molecule has 0 saturated carbocycles. The SMILES string of the molecule is C=Cc1cc(OCc2ccccc2)cc(-c2cnn(C)c2)c1. The molecule has 3 nitrogen and oxygen atoms in total. The number of hydrogen-bond acceptors (Lipinski definition) is 2. The fourth-order valence-corrected chi connectivity index (χ4v) is 2.30. The van der Waals surface area contributed by atoms with Crippen molar-refractivity contribution in [3.63, 3.8) is 0 Å². The van der Waals surface area contributed by atoms with Crippen LogP contribution >= 0.6 is 0 Å². The van der Waals surface area contributed by atoms with Crippen LogP contribution in [0, 0.1) is 0 Å². The largest absolute Gasteiger partial charge is 0.489 e. The molecule has 1 aromatic heterocycles. The molecule has 2 aromatic carbocycles. The van der Waals surface area contributed by atoms with Gasteiger partial charge in [-0.3, -0.25) is 4.68 Å². The molecule has 1 heterocycles. The molecule has 110 valence electrons. The van der Waals surface area contributed by atoms with E-state index in [1.54, 1.807) is 4.68 Å². The molecule has 0 saturated heterocycles. The second-order valence-electron chi connectivity index (χ2n) is 5.17. The molecule has 3 aromatic rings. The number of benzene rings is 2. The standard InChI is InChI=1S/C19H18N2O/c1-3-15-9-17(18-12-20-21(2)13-18)11-19(10-15)22-14-16-7-5-4-6-8-16/h3-13H,1,14H2,2H3. The van der Waals surface area contributed by atoms with Crippen molar-refractivity contribution in [1.29, 1.82) is 0 Å². The molecule has 0 unspecified atom stereocenters. The topological polar surface area (TPSA) is 27.1 Å². The zero-order chi connectivity index (χ0) is 15.4. The number of ether oxygens (including phenoxy) is 1. The summed E-state index contributed by atoms with van der Waals surface area (Å²) in [5, 5.41) is 4.22. The van der Waals surface area contributed by atoms with Gasteiger partial charge in [-0.05, 0) is 34.9 Å². The lowest BCUT2D eigenvalue weighted by Gasteiger charge is -2.09. The lowest BCUT2D eigenvalue weighted by Crippen LogP contribution is -1.95. The Balaban J connectivity index is 1.86. The number of hydrogen-bond donors (Lipinski definition) is 0. The molecule has 0 aliphatic carbocycles. The van der Waals surface area contributed by atoms with Crippen LogP contribution in [0.3, 0.4) is 0 Å². The summed E-state index contributed by atoms with van der Waals surface area (Å²) in [4.78, 5) is 0. The van der Waals surface area contributed by atoms with Crippen molar-refractivity contribution in [2.75, 3.05) is 0 Å². The second-order valence-corrected chi connectivity index (χ2v) is 5.17. The van der Waals surface area contributed by atoms with Gasteiger partial charge in [0.05, 0.1) is 6.20 Å². The Bertz CT molecular complexity index is 775. The molecule has 0 fully saturated rings. The normalized spacial score (nSPS) is 10.4. The van der Waals surface area contributed by atoms with Crippen molar-refractivity contribution in [3.05, 3.63) is 78.6 Å². The summed E-state index contributed by atoms with van der Waals surface area (Å²) in [6.45, 7) is 4.40. The fraction of sp³-hybridized carbons (Fsp3) is 0.105. The molecular formula is C19H18N2O. The fourth-order valence-electron chi connectivity index (χ4n) is 2.30. The van der Waals surface area contributed by atoms with Crippen LogP contribution in [0.5, 0.6) is 5.75 Å². The van der Waals surface area contributed by atoms with Gasteiger partial charge in [-0.25, -0.2) is 0 Å². The van der Waals surface area contributed by atoms with Crippen LogP contribution in [0.4, 0.5) is 0 Å². The monoisotopic (exact) mass is 290 g/mol. The Morgan fingerprint density at radius 2 is 1.95 bits per heavy atom. The summed E-state index contributed by atoms with van der Waals surface area (Å²) < 4.78 is 7.72. The molecule has 0 N–H and O–H groups in total. The maximum atomic E-state index is 5.93. The van der Waals surface area contributed by atoms with Crippen LogP contribution in [-0.2, 0) is 13.7 Å². The summed E-state index contributed by atoms with van der Waals surface area (Å²) in [6.07, 6.45) is 5.67. The van der Waals surface area contributed by atoms with Gasteiger partial charge in [-0.1, -0.05) is 43.0 Å². The Kier molecular flexibility index (Phi) is 4.05. The minimum absolute atomic E-state index is 0.550. The van der Waals surface area contributed by atoms with E-state index >= 15 is 0 Å². The second kappa shape index (κ2) is 6.31. The molecule has 3 heteroatoms. The predicted molar refractivity (Wildman–Crippen MR) is 89.5 cm³/mol. The lowest BCUT2D eigenvalue weighted by molar-refractivity contribution is 0.306. The van der Waals surface area contributed by atoms with Crippen molar-refractivity contribution in [3.8, 4) is 16.9 Å². The Morgan fingerprint density at radius 1 is 1.14 bits per heavy atom. The number of rotatable bonds is 5. The van der Waals surface area contributed by atoms with Gasteiger partial charge in [0.15, 0.2) is 0 Å². The van der Waals surface area contributed by atoms with Crippen molar-refractivity contribution in [2.24, 2.45) is 7.05 Å². The van der Waals surface area contributed by atoms with Gasteiger partial charge in [-0.2, -0.15) is 5.10 Å². The summed E-state index contributed by atoms with van der Waals surface area (Å²) in [6, 6.07) is 16.3. The number of aromatic nitrogens is 2. The molecular weight excluding hydrogens is 272 g/mol. The molecule has 0 aliphatic rings. The molecule has 0 amide bonds. The third-order valence-corrected chi connectivity index (χ3v) is 3.45. The summed E-state index contributed by atoms with van der Waals surface area (Å²) >= 11 is 0. The van der Waals surface area contributed by atoms with Crippen molar-refractivity contribution in [1.82, 2.24) is 9.78 Å². The zero-order valence-electron chi connectivity index (χ0n) is 12.6. The maximum Gasteiger partial charge on any atom is 0.121 e. The van der Waals surface area contributed by atoms with Crippen LogP contribution in [-0.4, -0.2) is 9.78 Å². The van der Waals surface area contributed by atoms with Crippen LogP contribution in [0.1, 0.15) is 11.1 Å². The van der Waals surface area contributed by atoms with Crippen LogP contribution in [0.15, 0.2) is 67.5 Å². The third kappa shape index (κ3) is 3.26. The highest BCUT2D eigenvalue weighted by molar-refractivity contribution is 5.68. The lowest BCUT2D eigenvalue weighted by atomic mass is 10.1. The van der Waals surface area contributed by atoms with Gasteiger partial charge < -0.3 is 4.74 Å². The van der Waals surface area contributed by atoms with Gasteiger partial charge in [-0.15, -0.1) is 0 Å². The van der Waals surface area contributed by atoms with E-state index in [9.17, 15) is 0 Å². The molecule has 0 spiro atoms. The van der Waals surface area contributed by atoms with E-state index in [2.05, 4.69) is 29.9 Å². The first-order valence-electron chi connectivity index (χ1n) is 7.18. The zero-order valence-corrected chi connectivity index (χ0v) is 12.6. The smallest absolute Gasteiger partial charge is 0.121 e. The average molecular weight is 290 g/mol. The highest BCUT2D eigenvalue weighted by atomic mass is 16.5. The van der Waals surface area contributed by atoms with Crippen molar-refractivity contribution < 1.29 is 4.74 Å².